The monoisotopic (exact) mass is 816 g/mol. The van der Waals surface area contributed by atoms with Crippen LogP contribution in [0.2, 0.25) is 0 Å². The molecule has 8 N–H and O–H groups in total. The number of carboxylic acid groups (broad SMARTS) is 1. The molecule has 6 aromatic carbocycles. The molecule has 0 unspecified atom stereocenters. The van der Waals surface area contributed by atoms with Crippen molar-refractivity contribution >= 4 is 90.2 Å². The number of hydrogen-bond acceptors (Lipinski definition) is 12. The van der Waals surface area contributed by atoms with Crippen LogP contribution in [-0.4, -0.2) is 57.2 Å². The van der Waals surface area contributed by atoms with Gasteiger partial charge in [0.05, 0.1) is 22.7 Å². The summed E-state index contributed by atoms with van der Waals surface area (Å²) in [6.07, 6.45) is 0. The Kier molecular flexibility index (Phi) is 11.7. The Labute approximate surface area is 334 Å². The third kappa shape index (κ3) is 10.0. The fourth-order valence-electron chi connectivity index (χ4n) is 5.52. The molecule has 59 heavy (non-hydrogen) atoms. The number of aliphatic hydroxyl groups excluding tert-OH is 1. The van der Waals surface area contributed by atoms with E-state index in [1.165, 1.54) is 49.4 Å². The van der Waals surface area contributed by atoms with Gasteiger partial charge in [-0.1, -0.05) is 0 Å². The number of phenols is 2. The minimum absolute atomic E-state index is 0.120. The summed E-state index contributed by atoms with van der Waals surface area (Å²) in [6, 6.07) is 25.5. The molecule has 0 aromatic heterocycles. The van der Waals surface area contributed by atoms with E-state index < -0.39 is 50.1 Å². The quantitative estimate of drug-likeness (QED) is 0.0201. The molecule has 3 amide bonds. The Balaban J connectivity index is 1.14. The molecule has 18 nitrogen and oxygen atoms in total. The molecule has 6 aromatic rings. The summed E-state index contributed by atoms with van der Waals surface area (Å²) in [4.78, 5) is 39.8. The van der Waals surface area contributed by atoms with E-state index in [2.05, 4.69) is 41.4 Å². The Morgan fingerprint density at radius 3 is 1.92 bits per heavy atom. The van der Waals surface area contributed by atoms with E-state index in [0.29, 0.717) is 28.3 Å². The van der Waals surface area contributed by atoms with Gasteiger partial charge in [-0.05, 0) is 127 Å². The van der Waals surface area contributed by atoms with Gasteiger partial charge in [-0.2, -0.15) is 23.8 Å². The number of benzene rings is 6. The van der Waals surface area contributed by atoms with Gasteiger partial charge in [0.25, 0.3) is 16.0 Å². The molecule has 0 saturated heterocycles. The fraction of sp³-hybridized carbons (Fsp3) is 0.0500. The van der Waals surface area contributed by atoms with Gasteiger partial charge in [0.1, 0.15) is 21.9 Å². The fourth-order valence-corrected chi connectivity index (χ4v) is 6.18. The second-order valence-electron chi connectivity index (χ2n) is 12.7. The normalized spacial score (nSPS) is 11.9. The van der Waals surface area contributed by atoms with E-state index in [1.807, 2.05) is 0 Å². The molecule has 0 fully saturated rings. The van der Waals surface area contributed by atoms with Gasteiger partial charge in [0.2, 0.25) is 0 Å². The van der Waals surface area contributed by atoms with Crippen LogP contribution in [-0.2, 0) is 10.1 Å². The van der Waals surface area contributed by atoms with Crippen molar-refractivity contribution in [2.45, 2.75) is 18.7 Å². The maximum Gasteiger partial charge on any atom is 0.339 e. The molecule has 0 spiro atoms. The Hall–Kier alpha value is -8.03. The lowest BCUT2D eigenvalue weighted by molar-refractivity contribution is 0.0693. The van der Waals surface area contributed by atoms with E-state index in [-0.39, 0.29) is 44.9 Å². The van der Waals surface area contributed by atoms with E-state index in [1.54, 1.807) is 55.5 Å². The highest BCUT2D eigenvalue weighted by molar-refractivity contribution is 7.86. The zero-order valence-corrected chi connectivity index (χ0v) is 31.6. The first-order chi connectivity index (χ1) is 28.0. The van der Waals surface area contributed by atoms with Crippen LogP contribution >= 0.6 is 0 Å². The number of aliphatic hydroxyl groups is 1. The van der Waals surface area contributed by atoms with Crippen molar-refractivity contribution in [3.63, 3.8) is 0 Å². The molecule has 298 valence electrons. The largest absolute Gasteiger partial charge is 0.507 e. The SMILES string of the molecule is CC(O)=Nc1ccc(NC(=O)Nc2ccc3c(O)c(N=Nc4ccc(N=Nc5ccc(C(=O)Nc6ccc(O)c(C(=O)O)c6)cc5)c(C)c4)c(S(=O)(=O)O)cc3c2)cc1. The number of aromatic hydroxyl groups is 2. The third-order valence-electron chi connectivity index (χ3n) is 8.34. The number of carbonyl (C=O) groups excluding carboxylic acids is 2. The van der Waals surface area contributed by atoms with Gasteiger partial charge >= 0.3 is 12.0 Å². The lowest BCUT2D eigenvalue weighted by Crippen LogP contribution is -2.19. The standard InChI is InChI=1S/C40H32N8O10S/c1-21-17-30(12-15-33(21)47-45-27-5-3-23(4-6-27)38(52)42-29-13-16-34(50)32(20-29)39(53)54)46-48-36-35(59(56,57)58)19-24-18-28(11-14-31(24)37(36)51)44-40(55)43-26-9-7-25(8-10-26)41-22(2)49/h3-20,50-51H,1-2H3,(H,41,49)(H,42,52)(H,53,54)(H2,43,44,55)(H,56,57,58). The number of phenolic OH excluding ortho intramolecular Hbond substituents is 1. The molecular weight excluding hydrogens is 785 g/mol. The number of anilines is 3. The summed E-state index contributed by atoms with van der Waals surface area (Å²) in [5, 5.41) is 63.9. The number of azo groups is 2. The Morgan fingerprint density at radius 2 is 1.25 bits per heavy atom. The van der Waals surface area contributed by atoms with Crippen molar-refractivity contribution in [2.75, 3.05) is 16.0 Å². The summed E-state index contributed by atoms with van der Waals surface area (Å²) in [6.45, 7) is 3.14. The van der Waals surface area contributed by atoms with Crippen LogP contribution in [0.4, 0.5) is 50.3 Å². The number of fused-ring (bicyclic) bond motifs is 1. The van der Waals surface area contributed by atoms with E-state index in [0.717, 1.165) is 18.2 Å². The number of carbonyl (C=O) groups is 3. The minimum atomic E-state index is -4.93. The van der Waals surface area contributed by atoms with Crippen LogP contribution in [0.1, 0.15) is 33.2 Å². The van der Waals surface area contributed by atoms with Crippen molar-refractivity contribution in [3.05, 3.63) is 126 Å². The number of aliphatic imine (C=N–C) groups is 1. The Morgan fingerprint density at radius 1 is 0.644 bits per heavy atom. The van der Waals surface area contributed by atoms with Crippen molar-refractivity contribution in [3.8, 4) is 11.5 Å². The molecule has 19 heteroatoms. The van der Waals surface area contributed by atoms with Crippen LogP contribution in [0.25, 0.3) is 10.8 Å². The predicted molar refractivity (Wildman–Crippen MR) is 219 cm³/mol. The van der Waals surface area contributed by atoms with E-state index in [4.69, 9.17) is 0 Å². The first-order valence-electron chi connectivity index (χ1n) is 17.2. The predicted octanol–water partition coefficient (Wildman–Crippen LogP) is 9.84. The number of aryl methyl sites for hydroxylation is 1. The lowest BCUT2D eigenvalue weighted by Gasteiger charge is -2.12. The number of aromatic carboxylic acids is 1. The summed E-state index contributed by atoms with van der Waals surface area (Å²) in [5.41, 5.74) is 2.39. The number of carboxylic acids is 1. The molecule has 0 radical (unpaired) electrons. The van der Waals surface area contributed by atoms with Gasteiger partial charge in [0, 0.05) is 34.9 Å². The molecule has 0 bridgehead atoms. The summed E-state index contributed by atoms with van der Waals surface area (Å²) < 4.78 is 34.9. The van der Waals surface area contributed by atoms with E-state index in [9.17, 15) is 47.8 Å². The van der Waals surface area contributed by atoms with Gasteiger partial charge in [-0.25, -0.2) is 14.6 Å². The highest BCUT2D eigenvalue weighted by Gasteiger charge is 2.22. The smallest absolute Gasteiger partial charge is 0.339 e. The first kappa shape index (κ1) is 40.6. The van der Waals surface area contributed by atoms with Crippen molar-refractivity contribution in [2.24, 2.45) is 25.4 Å². The average molecular weight is 817 g/mol. The zero-order valence-electron chi connectivity index (χ0n) is 30.8. The van der Waals surface area contributed by atoms with E-state index >= 15 is 0 Å². The van der Waals surface area contributed by atoms with Crippen molar-refractivity contribution < 1.29 is 47.8 Å². The van der Waals surface area contributed by atoms with Gasteiger partial charge in [0.15, 0.2) is 11.6 Å². The molecule has 0 heterocycles. The summed E-state index contributed by atoms with van der Waals surface area (Å²) >= 11 is 0. The lowest BCUT2D eigenvalue weighted by atomic mass is 10.1. The third-order valence-corrected chi connectivity index (χ3v) is 9.20. The number of hydrogen-bond donors (Lipinski definition) is 8. The van der Waals surface area contributed by atoms with Crippen molar-refractivity contribution in [1.82, 2.24) is 0 Å². The molecule has 0 aliphatic carbocycles. The first-order valence-corrected chi connectivity index (χ1v) is 18.6. The van der Waals surface area contributed by atoms with Gasteiger partial charge < -0.3 is 36.4 Å². The molecular formula is C40H32N8O10S. The highest BCUT2D eigenvalue weighted by Crippen LogP contribution is 2.42. The molecule has 0 saturated carbocycles. The highest BCUT2D eigenvalue weighted by atomic mass is 32.2. The summed E-state index contributed by atoms with van der Waals surface area (Å²) in [5.74, 6) is -3.01. The Bertz CT molecular complexity index is 2840. The van der Waals surface area contributed by atoms with Crippen LogP contribution in [0.15, 0.2) is 140 Å². The molecule has 0 aliphatic heterocycles. The van der Waals surface area contributed by atoms with Crippen LogP contribution in [0.3, 0.4) is 0 Å². The minimum Gasteiger partial charge on any atom is -0.507 e. The second kappa shape index (κ2) is 17.0. The number of nitrogens with one attached hydrogen (secondary N) is 3. The number of rotatable bonds is 11. The van der Waals surface area contributed by atoms with Crippen LogP contribution in [0, 0.1) is 6.92 Å². The second-order valence-corrected chi connectivity index (χ2v) is 14.1. The number of nitrogens with zero attached hydrogens (tertiary/aromatic N) is 5. The van der Waals surface area contributed by atoms with Crippen molar-refractivity contribution in [1.29, 1.82) is 0 Å². The molecule has 0 aliphatic rings. The summed E-state index contributed by atoms with van der Waals surface area (Å²) in [7, 11) is -4.93. The maximum absolute atomic E-state index is 12.7. The number of amides is 3. The zero-order chi connectivity index (χ0) is 42.4. The van der Waals surface area contributed by atoms with Gasteiger partial charge in [-0.3, -0.25) is 9.35 Å². The topological polar surface area (TPSA) is 284 Å². The van der Waals surface area contributed by atoms with Crippen LogP contribution < -0.4 is 16.0 Å². The molecule has 0 atom stereocenters. The maximum atomic E-state index is 12.7. The molecule has 6 rings (SSSR count). The number of urea groups is 1. The average Bonchev–Trinajstić information content (AvgIpc) is 3.18. The van der Waals surface area contributed by atoms with Crippen LogP contribution in [0.5, 0.6) is 11.5 Å². The van der Waals surface area contributed by atoms with Gasteiger partial charge in [-0.15, -0.1) is 5.11 Å².